The number of rotatable bonds is 11. The molecule has 0 bridgehead atoms. The summed E-state index contributed by atoms with van der Waals surface area (Å²) in [4.78, 5) is 40.5. The van der Waals surface area contributed by atoms with Gasteiger partial charge >= 0.3 is 5.97 Å². The van der Waals surface area contributed by atoms with E-state index in [9.17, 15) is 19.5 Å². The van der Waals surface area contributed by atoms with Gasteiger partial charge < -0.3 is 14.7 Å². The fourth-order valence-corrected chi connectivity index (χ4v) is 4.01. The van der Waals surface area contributed by atoms with Gasteiger partial charge in [-0.25, -0.2) is 4.79 Å². The molecule has 6 nitrogen and oxygen atoms in total. The fraction of sp³-hybridized carbons (Fsp3) is 0.182. The maximum absolute atomic E-state index is 13.4. The largest absolute Gasteiger partial charge is 0.497 e. The molecule has 0 aliphatic rings. The summed E-state index contributed by atoms with van der Waals surface area (Å²) in [5, 5.41) is 10.3. The number of halogens is 1. The van der Waals surface area contributed by atoms with Gasteiger partial charge in [-0.15, -0.1) is 0 Å². The SMILES string of the molecule is CCC(C)=CC(=CC=C(C)C(=O)c1cc(C(=O)O)cc(C(=O)c2cccc(OC)c2)c1)N(C)c1ccc(Cl)cc1. The number of methoxy groups -OCH3 is 1. The Bertz CT molecular complexity index is 1520. The Balaban J connectivity index is 2.01. The minimum absolute atomic E-state index is 0.101. The van der Waals surface area contributed by atoms with Gasteiger partial charge in [0, 0.05) is 40.1 Å². The number of carbonyl (C=O) groups excluding carboxylic acids is 2. The molecule has 0 atom stereocenters. The van der Waals surface area contributed by atoms with E-state index in [1.807, 2.05) is 55.3 Å². The summed E-state index contributed by atoms with van der Waals surface area (Å²) in [6.45, 7) is 5.76. The van der Waals surface area contributed by atoms with E-state index in [0.717, 1.165) is 23.4 Å². The van der Waals surface area contributed by atoms with E-state index in [4.69, 9.17) is 16.3 Å². The van der Waals surface area contributed by atoms with Gasteiger partial charge in [-0.3, -0.25) is 9.59 Å². The number of allylic oxidation sites excluding steroid dienone is 5. The summed E-state index contributed by atoms with van der Waals surface area (Å²) >= 11 is 6.05. The molecular weight excluding hydrogens is 526 g/mol. The molecule has 3 aromatic carbocycles. The third-order valence-corrected chi connectivity index (χ3v) is 6.70. The number of carboxylic acids is 1. The number of carbonyl (C=O) groups is 3. The molecule has 0 spiro atoms. The van der Waals surface area contributed by atoms with Crippen LogP contribution in [-0.2, 0) is 0 Å². The Kier molecular flexibility index (Phi) is 10.2. The first-order valence-corrected chi connectivity index (χ1v) is 13.1. The lowest BCUT2D eigenvalue weighted by atomic mass is 9.95. The molecule has 3 rings (SSSR count). The van der Waals surface area contributed by atoms with Crippen LogP contribution in [0.4, 0.5) is 5.69 Å². The molecule has 0 radical (unpaired) electrons. The zero-order valence-electron chi connectivity index (χ0n) is 23.2. The molecule has 0 saturated carbocycles. The van der Waals surface area contributed by atoms with Crippen LogP contribution in [0.25, 0.3) is 0 Å². The number of nitrogens with zero attached hydrogens (tertiary/aromatic N) is 1. The van der Waals surface area contributed by atoms with Crippen molar-refractivity contribution in [2.45, 2.75) is 27.2 Å². The van der Waals surface area contributed by atoms with Gasteiger partial charge in [-0.1, -0.05) is 42.3 Å². The van der Waals surface area contributed by atoms with E-state index in [-0.39, 0.29) is 22.5 Å². The molecule has 0 amide bonds. The zero-order valence-corrected chi connectivity index (χ0v) is 24.0. The van der Waals surface area contributed by atoms with Crippen molar-refractivity contribution in [2.24, 2.45) is 0 Å². The van der Waals surface area contributed by atoms with Crippen molar-refractivity contribution < 1.29 is 24.2 Å². The predicted octanol–water partition coefficient (Wildman–Crippen LogP) is 7.78. The second kappa shape index (κ2) is 13.6. The van der Waals surface area contributed by atoms with E-state index in [1.165, 1.54) is 25.3 Å². The van der Waals surface area contributed by atoms with Crippen molar-refractivity contribution in [2.75, 3.05) is 19.1 Å². The van der Waals surface area contributed by atoms with Gasteiger partial charge in [0.1, 0.15) is 5.75 Å². The molecule has 0 unspecified atom stereocenters. The van der Waals surface area contributed by atoms with Crippen molar-refractivity contribution in [3.63, 3.8) is 0 Å². The van der Waals surface area contributed by atoms with Crippen LogP contribution >= 0.6 is 11.6 Å². The number of anilines is 1. The highest BCUT2D eigenvalue weighted by molar-refractivity contribution is 6.30. The number of aromatic carboxylic acids is 1. The maximum atomic E-state index is 13.4. The van der Waals surface area contributed by atoms with Gasteiger partial charge in [-0.2, -0.15) is 0 Å². The molecule has 0 aliphatic carbocycles. The third-order valence-electron chi connectivity index (χ3n) is 6.45. The van der Waals surface area contributed by atoms with Crippen LogP contribution in [0.2, 0.25) is 5.02 Å². The number of likely N-dealkylation sites (N-methyl/N-ethyl adjacent to an activating group) is 1. The average Bonchev–Trinajstić information content (AvgIpc) is 2.97. The minimum Gasteiger partial charge on any atom is -0.497 e. The number of ketones is 2. The Labute approximate surface area is 239 Å². The number of carboxylic acid groups (broad SMARTS) is 1. The quantitative estimate of drug-likeness (QED) is 0.147. The van der Waals surface area contributed by atoms with Crippen LogP contribution in [0.5, 0.6) is 5.75 Å². The normalized spacial score (nSPS) is 12.2. The molecule has 0 aromatic heterocycles. The van der Waals surface area contributed by atoms with E-state index in [1.54, 1.807) is 37.3 Å². The summed E-state index contributed by atoms with van der Waals surface area (Å²) in [6.07, 6.45) is 6.43. The number of benzene rings is 3. The van der Waals surface area contributed by atoms with Gasteiger partial charge in [-0.05, 0) is 92.6 Å². The molecule has 1 N–H and O–H groups in total. The average molecular weight is 558 g/mol. The van der Waals surface area contributed by atoms with Crippen LogP contribution in [0.15, 0.2) is 102 Å². The molecular formula is C33H32ClNO5. The van der Waals surface area contributed by atoms with Gasteiger partial charge in [0.15, 0.2) is 11.6 Å². The number of Topliss-reactive ketones (excluding diaryl/α,β-unsaturated/α-hetero) is 1. The highest BCUT2D eigenvalue weighted by Crippen LogP contribution is 2.24. The predicted molar refractivity (Wildman–Crippen MR) is 160 cm³/mol. The Hall–Kier alpha value is -4.42. The molecule has 0 heterocycles. The van der Waals surface area contributed by atoms with Crippen molar-refractivity contribution in [1.29, 1.82) is 0 Å². The topological polar surface area (TPSA) is 83.9 Å². The Morgan fingerprint density at radius 3 is 2.17 bits per heavy atom. The van der Waals surface area contributed by atoms with E-state index < -0.39 is 11.8 Å². The summed E-state index contributed by atoms with van der Waals surface area (Å²) in [6, 6.07) is 18.0. The first-order chi connectivity index (χ1) is 19.0. The highest BCUT2D eigenvalue weighted by atomic mass is 35.5. The molecule has 0 saturated heterocycles. The number of hydrogen-bond donors (Lipinski definition) is 1. The minimum atomic E-state index is -1.23. The summed E-state index contributed by atoms with van der Waals surface area (Å²) < 4.78 is 5.20. The van der Waals surface area contributed by atoms with E-state index >= 15 is 0 Å². The second-order valence-corrected chi connectivity index (χ2v) is 9.75. The Morgan fingerprint density at radius 1 is 0.900 bits per heavy atom. The third kappa shape index (κ3) is 7.58. The van der Waals surface area contributed by atoms with Gasteiger partial charge in [0.05, 0.1) is 12.7 Å². The lowest BCUT2D eigenvalue weighted by Gasteiger charge is -2.21. The molecule has 40 heavy (non-hydrogen) atoms. The molecule has 0 aliphatic heterocycles. The summed E-state index contributed by atoms with van der Waals surface area (Å²) in [7, 11) is 3.42. The maximum Gasteiger partial charge on any atom is 0.335 e. The molecule has 7 heteroatoms. The van der Waals surface area contributed by atoms with Crippen LogP contribution in [0, 0.1) is 0 Å². The first kappa shape index (κ1) is 30.1. The lowest BCUT2D eigenvalue weighted by molar-refractivity contribution is 0.0697. The van der Waals surface area contributed by atoms with Crippen LogP contribution in [0.1, 0.15) is 63.8 Å². The second-order valence-electron chi connectivity index (χ2n) is 9.32. The highest BCUT2D eigenvalue weighted by Gasteiger charge is 2.18. The first-order valence-electron chi connectivity index (χ1n) is 12.7. The fourth-order valence-electron chi connectivity index (χ4n) is 3.88. The molecule has 206 valence electrons. The van der Waals surface area contributed by atoms with Crippen molar-refractivity contribution in [3.8, 4) is 5.75 Å². The summed E-state index contributed by atoms with van der Waals surface area (Å²) in [5.74, 6) is -1.54. The summed E-state index contributed by atoms with van der Waals surface area (Å²) in [5.41, 5.74) is 3.69. The van der Waals surface area contributed by atoms with Crippen LogP contribution in [-0.4, -0.2) is 36.8 Å². The van der Waals surface area contributed by atoms with E-state index in [0.29, 0.717) is 21.9 Å². The number of ether oxygens (including phenoxy) is 1. The van der Waals surface area contributed by atoms with Crippen LogP contribution in [0.3, 0.4) is 0 Å². The standard InChI is InChI=1S/C33H32ClNO5/c1-6-21(2)16-29(35(4)28-14-11-27(34)12-15-28)13-10-22(3)31(36)24-17-25(19-26(18-24)33(38)39)32(37)23-8-7-9-30(20-23)40-5/h7-20H,6H2,1-5H3,(H,38,39). The van der Waals surface area contributed by atoms with Crippen molar-refractivity contribution in [1.82, 2.24) is 0 Å². The van der Waals surface area contributed by atoms with Crippen molar-refractivity contribution >= 4 is 34.8 Å². The lowest BCUT2D eigenvalue weighted by Crippen LogP contribution is -2.15. The Morgan fingerprint density at radius 2 is 1.55 bits per heavy atom. The zero-order chi connectivity index (χ0) is 29.4. The van der Waals surface area contributed by atoms with Crippen molar-refractivity contribution in [3.05, 3.63) is 129 Å². The van der Waals surface area contributed by atoms with Gasteiger partial charge in [0.25, 0.3) is 0 Å². The van der Waals surface area contributed by atoms with Gasteiger partial charge in [0.2, 0.25) is 0 Å². The number of hydrogen-bond acceptors (Lipinski definition) is 5. The van der Waals surface area contributed by atoms with Crippen LogP contribution < -0.4 is 9.64 Å². The van der Waals surface area contributed by atoms with E-state index in [2.05, 4.69) is 6.92 Å². The monoisotopic (exact) mass is 557 g/mol. The smallest absolute Gasteiger partial charge is 0.335 e. The molecule has 3 aromatic rings. The molecule has 0 fully saturated rings.